The van der Waals surface area contributed by atoms with Crippen LogP contribution in [0.2, 0.25) is 0 Å². The van der Waals surface area contributed by atoms with Crippen molar-refractivity contribution < 1.29 is 9.53 Å². The second-order valence-corrected chi connectivity index (χ2v) is 6.17. The molecule has 5 heteroatoms. The Morgan fingerprint density at radius 1 is 1.27 bits per heavy atom. The molecule has 0 spiro atoms. The van der Waals surface area contributed by atoms with Crippen LogP contribution in [0.4, 0.5) is 5.82 Å². The number of carbonyl (C=O) groups is 1. The lowest BCUT2D eigenvalue weighted by Gasteiger charge is -2.12. The van der Waals surface area contributed by atoms with Gasteiger partial charge in [0.25, 0.3) is 5.91 Å². The molecule has 1 amide bonds. The summed E-state index contributed by atoms with van der Waals surface area (Å²) in [5.74, 6) is 1.31. The monoisotopic (exact) mass is 314 g/mol. The Hall–Kier alpha value is -1.85. The Morgan fingerprint density at radius 3 is 2.91 bits per heavy atom. The van der Waals surface area contributed by atoms with Crippen LogP contribution in [0.15, 0.2) is 53.6 Å². The normalized spacial score (nSPS) is 17.4. The first-order chi connectivity index (χ1) is 10.8. The number of aromatic nitrogens is 1. The van der Waals surface area contributed by atoms with E-state index in [1.54, 1.807) is 24.0 Å². The van der Waals surface area contributed by atoms with Crippen molar-refractivity contribution in [2.75, 3.05) is 17.7 Å². The van der Waals surface area contributed by atoms with E-state index in [1.165, 1.54) is 0 Å². The fourth-order valence-corrected chi connectivity index (χ4v) is 3.48. The number of rotatable bonds is 5. The minimum atomic E-state index is -0.130. The molecular weight excluding hydrogens is 296 g/mol. The molecule has 1 aromatic carbocycles. The largest absolute Gasteiger partial charge is 0.377 e. The van der Waals surface area contributed by atoms with Crippen molar-refractivity contribution >= 4 is 23.5 Å². The van der Waals surface area contributed by atoms with Gasteiger partial charge in [-0.1, -0.05) is 18.2 Å². The Labute approximate surface area is 134 Å². The molecule has 1 aliphatic heterocycles. The molecule has 1 saturated heterocycles. The fourth-order valence-electron chi connectivity index (χ4n) is 2.36. The number of nitrogens with zero attached hydrogens (tertiary/aromatic N) is 1. The van der Waals surface area contributed by atoms with E-state index in [0.717, 1.165) is 30.1 Å². The van der Waals surface area contributed by atoms with Crippen LogP contribution in [-0.2, 0) is 4.74 Å². The minimum absolute atomic E-state index is 0.130. The summed E-state index contributed by atoms with van der Waals surface area (Å²) in [6.07, 6.45) is 4.20. The summed E-state index contributed by atoms with van der Waals surface area (Å²) in [5, 5.41) is 2.83. The number of nitrogens with one attached hydrogen (secondary N) is 1. The quantitative estimate of drug-likeness (QED) is 0.857. The Balaban J connectivity index is 1.68. The Morgan fingerprint density at radius 2 is 2.14 bits per heavy atom. The first kappa shape index (κ1) is 15.1. The molecule has 1 aliphatic rings. The molecule has 1 N–H and O–H groups in total. The van der Waals surface area contributed by atoms with Crippen molar-refractivity contribution in [2.45, 2.75) is 23.8 Å². The van der Waals surface area contributed by atoms with Gasteiger partial charge in [0.15, 0.2) is 0 Å². The van der Waals surface area contributed by atoms with E-state index in [0.29, 0.717) is 17.5 Å². The molecule has 2 heterocycles. The summed E-state index contributed by atoms with van der Waals surface area (Å²) >= 11 is 1.68. The van der Waals surface area contributed by atoms with Crippen LogP contribution >= 0.6 is 11.8 Å². The first-order valence-electron chi connectivity index (χ1n) is 7.39. The lowest BCUT2D eigenvalue weighted by molar-refractivity contribution is 0.102. The molecule has 0 radical (unpaired) electrons. The van der Waals surface area contributed by atoms with Gasteiger partial charge in [-0.05, 0) is 37.1 Å². The van der Waals surface area contributed by atoms with Crippen molar-refractivity contribution in [2.24, 2.45) is 0 Å². The minimum Gasteiger partial charge on any atom is -0.377 e. The molecular formula is C17H18N2O2S. The topological polar surface area (TPSA) is 51.2 Å². The molecule has 1 aromatic heterocycles. The van der Waals surface area contributed by atoms with Crippen LogP contribution in [0.1, 0.15) is 23.2 Å². The molecule has 0 unspecified atom stereocenters. The van der Waals surface area contributed by atoms with Crippen LogP contribution in [0.5, 0.6) is 0 Å². The van der Waals surface area contributed by atoms with Crippen molar-refractivity contribution in [3.63, 3.8) is 0 Å². The number of ether oxygens (including phenoxy) is 1. The highest BCUT2D eigenvalue weighted by Gasteiger charge is 2.18. The zero-order valence-electron chi connectivity index (χ0n) is 12.2. The van der Waals surface area contributed by atoms with Crippen LogP contribution in [0.25, 0.3) is 0 Å². The number of thioether (sulfide) groups is 1. The third kappa shape index (κ3) is 3.87. The third-order valence-corrected chi connectivity index (χ3v) is 4.69. The molecule has 0 aliphatic carbocycles. The maximum absolute atomic E-state index is 12.4. The van der Waals surface area contributed by atoms with Gasteiger partial charge in [-0.15, -0.1) is 11.8 Å². The van der Waals surface area contributed by atoms with E-state index in [1.807, 2.05) is 36.4 Å². The first-order valence-corrected chi connectivity index (χ1v) is 8.37. The summed E-state index contributed by atoms with van der Waals surface area (Å²) < 4.78 is 5.64. The number of amides is 1. The molecule has 3 rings (SSSR count). The second kappa shape index (κ2) is 7.42. The molecule has 1 fully saturated rings. The third-order valence-electron chi connectivity index (χ3n) is 3.49. The molecule has 2 aromatic rings. The number of hydrogen-bond acceptors (Lipinski definition) is 4. The van der Waals surface area contributed by atoms with Gasteiger partial charge in [0, 0.05) is 23.5 Å². The molecule has 114 valence electrons. The van der Waals surface area contributed by atoms with Crippen LogP contribution in [0, 0.1) is 0 Å². The standard InChI is InChI=1S/C17H18N2O2S/c20-17(19-16-9-3-4-10-18-16)14-7-1-2-8-15(14)22-12-13-6-5-11-21-13/h1-4,7-10,13H,5-6,11-12H2,(H,18,19,20)/t13-/m1/s1. The maximum Gasteiger partial charge on any atom is 0.257 e. The van der Waals surface area contributed by atoms with Crippen LogP contribution in [-0.4, -0.2) is 29.4 Å². The van der Waals surface area contributed by atoms with Gasteiger partial charge in [0.05, 0.1) is 11.7 Å². The molecule has 4 nitrogen and oxygen atoms in total. The average Bonchev–Trinajstić information content (AvgIpc) is 3.07. The molecule has 0 saturated carbocycles. The van der Waals surface area contributed by atoms with Gasteiger partial charge in [0.2, 0.25) is 0 Å². The van der Waals surface area contributed by atoms with Crippen LogP contribution < -0.4 is 5.32 Å². The lowest BCUT2D eigenvalue weighted by atomic mass is 10.2. The van der Waals surface area contributed by atoms with Crippen molar-refractivity contribution in [3.05, 3.63) is 54.2 Å². The fraction of sp³-hybridized carbons (Fsp3) is 0.294. The van der Waals surface area contributed by atoms with Crippen LogP contribution in [0.3, 0.4) is 0 Å². The zero-order chi connectivity index (χ0) is 15.2. The lowest BCUT2D eigenvalue weighted by Crippen LogP contribution is -2.14. The van der Waals surface area contributed by atoms with Gasteiger partial charge in [0.1, 0.15) is 5.82 Å². The summed E-state index contributed by atoms with van der Waals surface area (Å²) in [7, 11) is 0. The van der Waals surface area contributed by atoms with Gasteiger partial charge in [-0.2, -0.15) is 0 Å². The predicted molar refractivity (Wildman–Crippen MR) is 88.3 cm³/mol. The van der Waals surface area contributed by atoms with Gasteiger partial charge >= 0.3 is 0 Å². The van der Waals surface area contributed by atoms with E-state index in [-0.39, 0.29) is 5.91 Å². The van der Waals surface area contributed by atoms with Gasteiger partial charge < -0.3 is 10.1 Å². The number of anilines is 1. The summed E-state index contributed by atoms with van der Waals surface area (Å²) in [6.45, 7) is 0.854. The number of carbonyl (C=O) groups excluding carboxylic acids is 1. The predicted octanol–water partition coefficient (Wildman–Crippen LogP) is 3.61. The van der Waals surface area contributed by atoms with Crippen molar-refractivity contribution in [3.8, 4) is 0 Å². The SMILES string of the molecule is O=C(Nc1ccccn1)c1ccccc1SC[C@H]1CCCO1. The van der Waals surface area contributed by atoms with E-state index in [4.69, 9.17) is 4.74 Å². The van der Waals surface area contributed by atoms with Gasteiger partial charge in [-0.25, -0.2) is 4.98 Å². The molecule has 1 atom stereocenters. The summed E-state index contributed by atoms with van der Waals surface area (Å²) in [5.41, 5.74) is 0.677. The molecule has 22 heavy (non-hydrogen) atoms. The summed E-state index contributed by atoms with van der Waals surface area (Å²) in [4.78, 5) is 17.5. The Kier molecular flexibility index (Phi) is 5.08. The highest BCUT2D eigenvalue weighted by atomic mass is 32.2. The number of pyridine rings is 1. The number of benzene rings is 1. The van der Waals surface area contributed by atoms with Crippen molar-refractivity contribution in [1.29, 1.82) is 0 Å². The Bertz CT molecular complexity index is 628. The van der Waals surface area contributed by atoms with E-state index in [9.17, 15) is 4.79 Å². The summed E-state index contributed by atoms with van der Waals surface area (Å²) in [6, 6.07) is 13.1. The van der Waals surface area contributed by atoms with E-state index < -0.39 is 0 Å². The smallest absolute Gasteiger partial charge is 0.257 e. The zero-order valence-corrected chi connectivity index (χ0v) is 13.0. The van der Waals surface area contributed by atoms with E-state index >= 15 is 0 Å². The molecule has 0 bridgehead atoms. The average molecular weight is 314 g/mol. The van der Waals surface area contributed by atoms with E-state index in [2.05, 4.69) is 10.3 Å². The van der Waals surface area contributed by atoms with Crippen molar-refractivity contribution in [1.82, 2.24) is 4.98 Å². The maximum atomic E-state index is 12.4. The second-order valence-electron chi connectivity index (χ2n) is 5.11. The highest BCUT2D eigenvalue weighted by molar-refractivity contribution is 7.99. The highest BCUT2D eigenvalue weighted by Crippen LogP contribution is 2.27. The van der Waals surface area contributed by atoms with Gasteiger partial charge in [-0.3, -0.25) is 4.79 Å². The number of hydrogen-bond donors (Lipinski definition) is 1.